The molecule has 1 fully saturated rings. The monoisotopic (exact) mass is 452 g/mol. The lowest BCUT2D eigenvalue weighted by molar-refractivity contribution is -0.149. The molecule has 166 valence electrons. The molecule has 0 radical (unpaired) electrons. The van der Waals surface area contributed by atoms with E-state index in [-0.39, 0.29) is 18.1 Å². The van der Waals surface area contributed by atoms with Crippen molar-refractivity contribution >= 4 is 17.7 Å². The Bertz CT molecular complexity index is 1110. The lowest BCUT2D eigenvalue weighted by Gasteiger charge is -2.38. The second-order valence-corrected chi connectivity index (χ2v) is 8.71. The van der Waals surface area contributed by atoms with Crippen LogP contribution in [0.3, 0.4) is 0 Å². The van der Waals surface area contributed by atoms with E-state index in [1.54, 1.807) is 12.1 Å². The molecule has 7 nitrogen and oxygen atoms in total. The molecule has 2 heterocycles. The molecule has 0 aliphatic carbocycles. The van der Waals surface area contributed by atoms with E-state index < -0.39 is 11.6 Å². The molecule has 2 aromatic rings. The average Bonchev–Trinajstić information content (AvgIpc) is 3.17. The largest absolute Gasteiger partial charge is 0.493 e. The first-order valence-corrected chi connectivity index (χ1v) is 11.1. The molecule has 32 heavy (non-hydrogen) atoms. The van der Waals surface area contributed by atoms with Crippen LogP contribution in [0.4, 0.5) is 0 Å². The highest BCUT2D eigenvalue weighted by Gasteiger charge is 2.51. The van der Waals surface area contributed by atoms with Gasteiger partial charge in [-0.05, 0) is 24.6 Å². The van der Waals surface area contributed by atoms with Gasteiger partial charge in [-0.15, -0.1) is 11.8 Å². The summed E-state index contributed by atoms with van der Waals surface area (Å²) in [4.78, 5) is 14.7. The summed E-state index contributed by atoms with van der Waals surface area (Å²) in [6.45, 7) is 1.96. The highest BCUT2D eigenvalue weighted by atomic mass is 32.2. The minimum absolute atomic E-state index is 0.0414. The number of methoxy groups -OCH3 is 3. The molecular formula is C24H24N2O5S. The number of nitriles is 1. The maximum Gasteiger partial charge on any atom is 0.231 e. The Balaban J connectivity index is 1.82. The Kier molecular flexibility index (Phi) is 5.80. The Morgan fingerprint density at radius 3 is 2.28 bits per heavy atom. The van der Waals surface area contributed by atoms with Crippen LogP contribution in [0.15, 0.2) is 47.0 Å². The van der Waals surface area contributed by atoms with Gasteiger partial charge in [-0.1, -0.05) is 29.8 Å². The summed E-state index contributed by atoms with van der Waals surface area (Å²) >= 11 is 1.32. The lowest BCUT2D eigenvalue weighted by Crippen LogP contribution is -2.48. The van der Waals surface area contributed by atoms with Crippen molar-refractivity contribution in [2.75, 3.05) is 27.1 Å². The number of hydrogen-bond donors (Lipinski definition) is 1. The van der Waals surface area contributed by atoms with Gasteiger partial charge in [0.1, 0.15) is 0 Å². The summed E-state index contributed by atoms with van der Waals surface area (Å²) < 4.78 is 16.3. The SMILES string of the molecule is COc1cc([C@H]2CC(=O)N3C(=C2C#N)SC[C@@]3(O)c2ccc(C)cc2)cc(OC)c1OC. The number of benzene rings is 2. The second kappa shape index (κ2) is 8.41. The molecule has 4 rings (SSSR count). The zero-order valence-electron chi connectivity index (χ0n) is 18.3. The van der Waals surface area contributed by atoms with E-state index in [2.05, 4.69) is 6.07 Å². The molecule has 0 saturated carbocycles. The fourth-order valence-corrected chi connectivity index (χ4v) is 5.61. The van der Waals surface area contributed by atoms with Gasteiger partial charge in [0.2, 0.25) is 11.7 Å². The molecule has 0 spiro atoms. The highest BCUT2D eigenvalue weighted by Crippen LogP contribution is 2.52. The van der Waals surface area contributed by atoms with E-state index in [0.29, 0.717) is 39.0 Å². The summed E-state index contributed by atoms with van der Waals surface area (Å²) in [7, 11) is 4.56. The summed E-state index contributed by atoms with van der Waals surface area (Å²) in [6, 6.07) is 13.3. The first kappa shape index (κ1) is 22.1. The van der Waals surface area contributed by atoms with Crippen molar-refractivity contribution in [1.29, 1.82) is 5.26 Å². The first-order valence-electron chi connectivity index (χ1n) is 10.1. The number of hydrogen-bond acceptors (Lipinski definition) is 7. The molecule has 1 N–H and O–H groups in total. The minimum atomic E-state index is -1.49. The maximum absolute atomic E-state index is 13.3. The van der Waals surface area contributed by atoms with Gasteiger partial charge in [-0.2, -0.15) is 5.26 Å². The Morgan fingerprint density at radius 2 is 1.75 bits per heavy atom. The van der Waals surface area contributed by atoms with Crippen LogP contribution in [0.1, 0.15) is 29.0 Å². The Hall–Kier alpha value is -3.15. The van der Waals surface area contributed by atoms with Gasteiger partial charge in [0.15, 0.2) is 17.2 Å². The molecule has 2 aliphatic heterocycles. The number of rotatable bonds is 5. The predicted octanol–water partition coefficient (Wildman–Crippen LogP) is 3.66. The quantitative estimate of drug-likeness (QED) is 0.740. The van der Waals surface area contributed by atoms with Crippen molar-refractivity contribution in [2.45, 2.75) is 25.0 Å². The van der Waals surface area contributed by atoms with Crippen molar-refractivity contribution in [1.82, 2.24) is 4.90 Å². The van der Waals surface area contributed by atoms with Crippen molar-refractivity contribution in [3.63, 3.8) is 0 Å². The molecule has 1 saturated heterocycles. The molecule has 8 heteroatoms. The Morgan fingerprint density at radius 1 is 1.12 bits per heavy atom. The van der Waals surface area contributed by atoms with Gasteiger partial charge in [-0.3, -0.25) is 9.69 Å². The van der Waals surface area contributed by atoms with Crippen LogP contribution < -0.4 is 14.2 Å². The zero-order valence-corrected chi connectivity index (χ0v) is 19.2. The van der Waals surface area contributed by atoms with Crippen LogP contribution in [0.5, 0.6) is 17.2 Å². The van der Waals surface area contributed by atoms with Crippen LogP contribution in [0.25, 0.3) is 0 Å². The molecule has 2 aromatic carbocycles. The van der Waals surface area contributed by atoms with Crippen LogP contribution in [0.2, 0.25) is 0 Å². The number of nitrogens with zero attached hydrogens (tertiary/aromatic N) is 2. The van der Waals surface area contributed by atoms with Crippen molar-refractivity contribution < 1.29 is 24.1 Å². The summed E-state index contributed by atoms with van der Waals surface area (Å²) in [5, 5.41) is 22.1. The normalized spacial score (nSPS) is 22.4. The van der Waals surface area contributed by atoms with Crippen molar-refractivity contribution in [3.8, 4) is 23.3 Å². The standard InChI is InChI=1S/C24H24N2O5S/c1-14-5-7-16(8-6-14)24(28)13-32-23-18(12-25)17(11-21(27)26(23)24)15-9-19(29-2)22(31-4)20(10-15)30-3/h5-10,17,28H,11,13H2,1-4H3/t17-,24-/m1/s1. The molecule has 0 bridgehead atoms. The van der Waals surface area contributed by atoms with Gasteiger partial charge in [0.25, 0.3) is 0 Å². The minimum Gasteiger partial charge on any atom is -0.493 e. The number of aryl methyl sites for hydroxylation is 1. The molecule has 0 aromatic heterocycles. The number of thioether (sulfide) groups is 1. The Labute approximate surface area is 191 Å². The second-order valence-electron chi connectivity index (χ2n) is 7.75. The number of carbonyl (C=O) groups excluding carboxylic acids is 1. The summed E-state index contributed by atoms with van der Waals surface area (Å²) in [5.74, 6) is 0.872. The van der Waals surface area contributed by atoms with E-state index in [1.807, 2.05) is 31.2 Å². The number of amides is 1. The average molecular weight is 453 g/mol. The van der Waals surface area contributed by atoms with E-state index in [0.717, 1.165) is 5.56 Å². The van der Waals surface area contributed by atoms with Crippen molar-refractivity contribution in [3.05, 3.63) is 63.7 Å². The highest BCUT2D eigenvalue weighted by molar-refractivity contribution is 8.03. The molecule has 1 amide bonds. The fraction of sp³-hybridized carbons (Fsp3) is 0.333. The van der Waals surface area contributed by atoms with E-state index in [4.69, 9.17) is 14.2 Å². The maximum atomic E-state index is 13.3. The van der Waals surface area contributed by atoms with Gasteiger partial charge >= 0.3 is 0 Å². The number of ether oxygens (including phenoxy) is 3. The van der Waals surface area contributed by atoms with E-state index in [9.17, 15) is 15.2 Å². The third kappa shape index (κ3) is 3.38. The number of fused-ring (bicyclic) bond motifs is 1. The van der Waals surface area contributed by atoms with Crippen LogP contribution >= 0.6 is 11.8 Å². The summed E-state index contributed by atoms with van der Waals surface area (Å²) in [6.07, 6.45) is 0.0414. The zero-order chi connectivity index (χ0) is 23.0. The molecule has 2 atom stereocenters. The topological polar surface area (TPSA) is 92.0 Å². The molecule has 0 unspecified atom stereocenters. The number of allylic oxidation sites excluding steroid dienone is 1. The number of carbonyl (C=O) groups is 1. The molecule has 2 aliphatic rings. The first-order chi connectivity index (χ1) is 15.4. The smallest absolute Gasteiger partial charge is 0.231 e. The van der Waals surface area contributed by atoms with Crippen molar-refractivity contribution in [2.24, 2.45) is 0 Å². The fourth-order valence-electron chi connectivity index (χ4n) is 4.25. The van der Waals surface area contributed by atoms with Gasteiger partial charge in [0, 0.05) is 17.9 Å². The van der Waals surface area contributed by atoms with Crippen LogP contribution in [-0.4, -0.2) is 43.0 Å². The van der Waals surface area contributed by atoms with E-state index >= 15 is 0 Å². The third-order valence-corrected chi connectivity index (χ3v) is 7.14. The van der Waals surface area contributed by atoms with Crippen LogP contribution in [-0.2, 0) is 10.5 Å². The van der Waals surface area contributed by atoms with Gasteiger partial charge < -0.3 is 19.3 Å². The third-order valence-electron chi connectivity index (χ3n) is 5.91. The van der Waals surface area contributed by atoms with E-state index in [1.165, 1.54) is 38.0 Å². The van der Waals surface area contributed by atoms with Gasteiger partial charge in [-0.25, -0.2) is 0 Å². The van der Waals surface area contributed by atoms with Gasteiger partial charge in [0.05, 0.1) is 43.8 Å². The number of aliphatic hydroxyl groups is 1. The van der Waals surface area contributed by atoms with Crippen LogP contribution in [0, 0.1) is 18.3 Å². The summed E-state index contributed by atoms with van der Waals surface area (Å²) in [5.41, 5.74) is 1.34. The molecular weight excluding hydrogens is 428 g/mol. The predicted molar refractivity (Wildman–Crippen MR) is 120 cm³/mol. The lowest BCUT2D eigenvalue weighted by atomic mass is 9.85.